The van der Waals surface area contributed by atoms with Crippen LogP contribution in [0.2, 0.25) is 0 Å². The van der Waals surface area contributed by atoms with Gasteiger partial charge in [-0.25, -0.2) is 4.79 Å². The van der Waals surface area contributed by atoms with Crippen LogP contribution < -0.4 is 5.32 Å². The van der Waals surface area contributed by atoms with Gasteiger partial charge in [-0.05, 0) is 33.6 Å². The van der Waals surface area contributed by atoms with Gasteiger partial charge in [0.25, 0.3) is 0 Å². The fraction of sp³-hybridized carbons (Fsp3) is 0.933. The molecule has 5 heteroatoms. The maximum absolute atomic E-state index is 12.2. The highest BCUT2D eigenvalue weighted by Crippen LogP contribution is 2.28. The van der Waals surface area contributed by atoms with E-state index < -0.39 is 5.60 Å². The summed E-state index contributed by atoms with van der Waals surface area (Å²) in [5.74, 6) is 0. The molecule has 0 atom stereocenters. The van der Waals surface area contributed by atoms with E-state index in [2.05, 4.69) is 12.2 Å². The highest BCUT2D eigenvalue weighted by atomic mass is 16.6. The molecule has 20 heavy (non-hydrogen) atoms. The molecule has 1 amide bonds. The van der Waals surface area contributed by atoms with E-state index in [1.165, 1.54) is 0 Å². The Hall–Kier alpha value is -0.810. The monoisotopic (exact) mass is 284 g/mol. The molecule has 0 aromatic carbocycles. The summed E-state index contributed by atoms with van der Waals surface area (Å²) in [6.07, 6.45) is 2.02. The number of hydrogen-bond acceptors (Lipinski definition) is 4. The van der Waals surface area contributed by atoms with E-state index >= 15 is 0 Å². The zero-order valence-electron chi connectivity index (χ0n) is 13.2. The molecule has 0 radical (unpaired) electrons. The molecule has 0 aromatic rings. The van der Waals surface area contributed by atoms with E-state index in [9.17, 15) is 4.79 Å². The highest BCUT2D eigenvalue weighted by molar-refractivity contribution is 5.69. The fourth-order valence-electron chi connectivity index (χ4n) is 2.27. The number of rotatable bonds is 6. The van der Waals surface area contributed by atoms with Crippen molar-refractivity contribution in [2.75, 3.05) is 32.8 Å². The molecule has 1 N–H and O–H groups in total. The van der Waals surface area contributed by atoms with Crippen LogP contribution in [0.1, 0.15) is 40.5 Å². The second kappa shape index (κ2) is 5.90. The van der Waals surface area contributed by atoms with E-state index in [1.807, 2.05) is 25.7 Å². The molecule has 1 aliphatic heterocycles. The fourth-order valence-corrected chi connectivity index (χ4v) is 2.27. The third-order valence-electron chi connectivity index (χ3n) is 3.60. The summed E-state index contributed by atoms with van der Waals surface area (Å²) in [4.78, 5) is 14.0. The maximum Gasteiger partial charge on any atom is 0.410 e. The quantitative estimate of drug-likeness (QED) is 0.758. The second-order valence-electron chi connectivity index (χ2n) is 7.39. The summed E-state index contributed by atoms with van der Waals surface area (Å²) >= 11 is 0. The summed E-state index contributed by atoms with van der Waals surface area (Å²) in [5.41, 5.74) is -0.148. The first-order valence-corrected chi connectivity index (χ1v) is 7.57. The summed E-state index contributed by atoms with van der Waals surface area (Å²) in [5, 5.41) is 3.43. The van der Waals surface area contributed by atoms with Gasteiger partial charge < -0.3 is 19.7 Å². The molecule has 1 saturated carbocycles. The number of carbonyl (C=O) groups excluding carboxylic acids is 1. The average molecular weight is 284 g/mol. The number of ether oxygens (including phenoxy) is 2. The van der Waals surface area contributed by atoms with Gasteiger partial charge >= 0.3 is 6.09 Å². The van der Waals surface area contributed by atoms with Gasteiger partial charge in [0.2, 0.25) is 0 Å². The van der Waals surface area contributed by atoms with Gasteiger partial charge in [0.1, 0.15) is 5.60 Å². The molecule has 2 rings (SSSR count). The number of hydrogen-bond donors (Lipinski definition) is 1. The first kappa shape index (κ1) is 15.6. The highest BCUT2D eigenvalue weighted by Gasteiger charge is 2.35. The molecule has 2 aliphatic rings. The third-order valence-corrected chi connectivity index (χ3v) is 3.60. The Morgan fingerprint density at radius 1 is 1.40 bits per heavy atom. The van der Waals surface area contributed by atoms with E-state index in [4.69, 9.17) is 9.47 Å². The first-order chi connectivity index (χ1) is 9.29. The maximum atomic E-state index is 12.2. The third kappa shape index (κ3) is 4.63. The van der Waals surface area contributed by atoms with Gasteiger partial charge in [0.15, 0.2) is 0 Å². The lowest BCUT2D eigenvalue weighted by molar-refractivity contribution is -0.0990. The van der Waals surface area contributed by atoms with Gasteiger partial charge in [0, 0.05) is 31.1 Å². The van der Waals surface area contributed by atoms with E-state index in [-0.39, 0.29) is 11.5 Å². The van der Waals surface area contributed by atoms with Gasteiger partial charge in [0.05, 0.1) is 13.2 Å². The minimum absolute atomic E-state index is 0.181. The Bertz CT molecular complexity index is 344. The van der Waals surface area contributed by atoms with E-state index in [1.54, 1.807) is 0 Å². The zero-order valence-corrected chi connectivity index (χ0v) is 13.2. The van der Waals surface area contributed by atoms with Gasteiger partial charge in [-0.1, -0.05) is 6.92 Å². The largest absolute Gasteiger partial charge is 0.444 e. The predicted molar refractivity (Wildman–Crippen MR) is 77.8 cm³/mol. The van der Waals surface area contributed by atoms with Crippen LogP contribution in [0.25, 0.3) is 0 Å². The molecular formula is C15H28N2O3. The molecule has 1 saturated heterocycles. The predicted octanol–water partition coefficient (Wildman–Crippen LogP) is 2.01. The SMILES string of the molecule is CC1(CNCCN(C(=O)OC(C)(C)C)C2CC2)COC1. The molecule has 0 unspecified atom stereocenters. The summed E-state index contributed by atoms with van der Waals surface area (Å²) in [7, 11) is 0. The van der Waals surface area contributed by atoms with E-state index in [0.717, 1.165) is 45.7 Å². The lowest BCUT2D eigenvalue weighted by Gasteiger charge is -2.38. The smallest absolute Gasteiger partial charge is 0.410 e. The minimum Gasteiger partial charge on any atom is -0.444 e. The number of amides is 1. The van der Waals surface area contributed by atoms with Crippen LogP contribution >= 0.6 is 0 Å². The Balaban J connectivity index is 1.71. The van der Waals surface area contributed by atoms with Crippen LogP contribution in [-0.4, -0.2) is 55.5 Å². The van der Waals surface area contributed by atoms with Crippen molar-refractivity contribution in [3.63, 3.8) is 0 Å². The molecule has 5 nitrogen and oxygen atoms in total. The molecule has 0 bridgehead atoms. The van der Waals surface area contributed by atoms with Crippen LogP contribution in [-0.2, 0) is 9.47 Å². The van der Waals surface area contributed by atoms with Gasteiger partial charge in [-0.2, -0.15) is 0 Å². The van der Waals surface area contributed by atoms with Crippen molar-refractivity contribution in [2.24, 2.45) is 5.41 Å². The second-order valence-corrected chi connectivity index (χ2v) is 7.39. The minimum atomic E-state index is -0.422. The molecule has 1 heterocycles. The Labute approximate surface area is 122 Å². The van der Waals surface area contributed by atoms with Crippen molar-refractivity contribution < 1.29 is 14.3 Å². The molecule has 1 aliphatic carbocycles. The van der Waals surface area contributed by atoms with Crippen LogP contribution in [0.15, 0.2) is 0 Å². The van der Waals surface area contributed by atoms with Crippen molar-refractivity contribution >= 4 is 6.09 Å². The Morgan fingerprint density at radius 2 is 2.05 bits per heavy atom. The van der Waals surface area contributed by atoms with Crippen molar-refractivity contribution in [3.8, 4) is 0 Å². The molecule has 0 aromatic heterocycles. The topological polar surface area (TPSA) is 50.8 Å². The number of carbonyl (C=O) groups is 1. The van der Waals surface area contributed by atoms with Crippen LogP contribution in [0, 0.1) is 5.41 Å². The van der Waals surface area contributed by atoms with Gasteiger partial charge in [-0.3, -0.25) is 0 Å². The van der Waals surface area contributed by atoms with Crippen molar-refractivity contribution in [1.29, 1.82) is 0 Å². The molecule has 0 spiro atoms. The lowest BCUT2D eigenvalue weighted by Crippen LogP contribution is -2.49. The summed E-state index contributed by atoms with van der Waals surface area (Å²) in [6, 6.07) is 0.384. The Morgan fingerprint density at radius 3 is 2.50 bits per heavy atom. The average Bonchev–Trinajstić information content (AvgIpc) is 3.08. The molecular weight excluding hydrogens is 256 g/mol. The summed E-state index contributed by atoms with van der Waals surface area (Å²) in [6.45, 7) is 12.1. The lowest BCUT2D eigenvalue weighted by atomic mass is 9.89. The van der Waals surface area contributed by atoms with Crippen LogP contribution in [0.3, 0.4) is 0 Å². The number of nitrogens with zero attached hydrogens (tertiary/aromatic N) is 1. The first-order valence-electron chi connectivity index (χ1n) is 7.57. The van der Waals surface area contributed by atoms with Crippen molar-refractivity contribution in [1.82, 2.24) is 10.2 Å². The van der Waals surface area contributed by atoms with Crippen LogP contribution in [0.5, 0.6) is 0 Å². The normalized spacial score (nSPS) is 21.2. The summed E-state index contributed by atoms with van der Waals surface area (Å²) < 4.78 is 10.7. The molecule has 116 valence electrons. The zero-order chi connectivity index (χ0) is 14.8. The van der Waals surface area contributed by atoms with Crippen molar-refractivity contribution in [3.05, 3.63) is 0 Å². The van der Waals surface area contributed by atoms with E-state index in [0.29, 0.717) is 6.04 Å². The van der Waals surface area contributed by atoms with Gasteiger partial charge in [-0.15, -0.1) is 0 Å². The van der Waals surface area contributed by atoms with Crippen molar-refractivity contribution in [2.45, 2.75) is 52.2 Å². The molecule has 2 fully saturated rings. The number of nitrogens with one attached hydrogen (secondary N) is 1. The van der Waals surface area contributed by atoms with Crippen LogP contribution in [0.4, 0.5) is 4.79 Å². The Kier molecular flexibility index (Phi) is 4.59. The standard InChI is InChI=1S/C15H28N2O3/c1-14(2,3)20-13(18)17(12-5-6-12)8-7-16-9-15(4)10-19-11-15/h12,16H,5-11H2,1-4H3.